The Labute approximate surface area is 139 Å². The highest BCUT2D eigenvalue weighted by Crippen LogP contribution is 2.26. The van der Waals surface area contributed by atoms with E-state index in [1.54, 1.807) is 6.07 Å². The molecule has 20 heavy (non-hydrogen) atoms. The maximum atomic E-state index is 10.8. The van der Waals surface area contributed by atoms with E-state index in [-0.39, 0.29) is 5.69 Å². The molecule has 0 unspecified atom stereocenters. The van der Waals surface area contributed by atoms with Gasteiger partial charge in [0, 0.05) is 38.0 Å². The molecule has 0 spiro atoms. The topological polar surface area (TPSA) is 55.2 Å². The number of nitrogens with one attached hydrogen (secondary N) is 1. The second kappa shape index (κ2) is 6.60. The number of anilines is 1. The van der Waals surface area contributed by atoms with Crippen LogP contribution in [0.2, 0.25) is 10.0 Å². The Morgan fingerprint density at radius 2 is 1.95 bits per heavy atom. The SMILES string of the molecule is O=[N+]([O-])c1ccc(Cl)c(CNc2ccc(Cl)cc2I)c1. The minimum absolute atomic E-state index is 0.0250. The fraction of sp³-hybridized carbons (Fsp3) is 0.0769. The molecule has 0 amide bonds. The van der Waals surface area contributed by atoms with E-state index in [0.717, 1.165) is 9.26 Å². The van der Waals surface area contributed by atoms with Crippen LogP contribution in [0.5, 0.6) is 0 Å². The molecule has 2 rings (SSSR count). The molecular formula is C13H9Cl2IN2O2. The third-order valence-corrected chi connectivity index (χ3v) is 4.14. The summed E-state index contributed by atoms with van der Waals surface area (Å²) in [6, 6.07) is 9.86. The van der Waals surface area contributed by atoms with Gasteiger partial charge in [0.2, 0.25) is 0 Å². The lowest BCUT2D eigenvalue weighted by Crippen LogP contribution is -2.02. The molecule has 0 bridgehead atoms. The zero-order valence-electron chi connectivity index (χ0n) is 10.1. The van der Waals surface area contributed by atoms with Crippen LogP contribution in [0.4, 0.5) is 11.4 Å². The van der Waals surface area contributed by atoms with Gasteiger partial charge in [0.05, 0.1) is 4.92 Å². The van der Waals surface area contributed by atoms with Gasteiger partial charge in [-0.25, -0.2) is 0 Å². The van der Waals surface area contributed by atoms with Gasteiger partial charge in [-0.1, -0.05) is 23.2 Å². The van der Waals surface area contributed by atoms with Crippen molar-refractivity contribution in [3.05, 3.63) is 65.7 Å². The molecule has 0 atom stereocenters. The summed E-state index contributed by atoms with van der Waals surface area (Å²) in [5.41, 5.74) is 1.60. The first-order chi connectivity index (χ1) is 9.47. The Kier molecular flexibility index (Phi) is 5.06. The van der Waals surface area contributed by atoms with Crippen LogP contribution in [-0.2, 0) is 6.54 Å². The molecule has 0 aliphatic rings. The number of hydrogen-bond acceptors (Lipinski definition) is 3. The molecule has 0 saturated carbocycles. The van der Waals surface area contributed by atoms with Crippen molar-refractivity contribution in [3.8, 4) is 0 Å². The largest absolute Gasteiger partial charge is 0.380 e. The molecule has 104 valence electrons. The van der Waals surface area contributed by atoms with E-state index in [1.165, 1.54) is 18.2 Å². The average Bonchev–Trinajstić information content (AvgIpc) is 2.39. The lowest BCUT2D eigenvalue weighted by atomic mass is 10.2. The number of benzene rings is 2. The predicted octanol–water partition coefficient (Wildman–Crippen LogP) is 5.12. The summed E-state index contributed by atoms with van der Waals surface area (Å²) < 4.78 is 0.969. The standard InChI is InChI=1S/C13H9Cl2IN2O2/c14-9-1-4-13(12(16)6-9)17-7-8-5-10(18(19)20)2-3-11(8)15/h1-6,17H,7H2. The van der Waals surface area contributed by atoms with Gasteiger partial charge in [-0.05, 0) is 52.4 Å². The molecule has 0 aliphatic heterocycles. The first-order valence-corrected chi connectivity index (χ1v) is 7.42. The molecule has 7 heteroatoms. The van der Waals surface area contributed by atoms with Gasteiger partial charge in [0.25, 0.3) is 5.69 Å². The third kappa shape index (κ3) is 3.74. The number of non-ortho nitro benzene ring substituents is 1. The minimum Gasteiger partial charge on any atom is -0.380 e. The lowest BCUT2D eigenvalue weighted by Gasteiger charge is -2.10. The summed E-state index contributed by atoms with van der Waals surface area (Å²) in [5, 5.41) is 15.1. The molecule has 1 N–H and O–H groups in total. The first kappa shape index (κ1) is 15.3. The van der Waals surface area contributed by atoms with E-state index < -0.39 is 4.92 Å². The molecule has 0 heterocycles. The summed E-state index contributed by atoms with van der Waals surface area (Å²) in [4.78, 5) is 10.3. The normalized spacial score (nSPS) is 10.3. The molecule has 0 aliphatic carbocycles. The van der Waals surface area contributed by atoms with Crippen LogP contribution in [0.3, 0.4) is 0 Å². The zero-order chi connectivity index (χ0) is 14.7. The van der Waals surface area contributed by atoms with Crippen molar-refractivity contribution in [2.45, 2.75) is 6.54 Å². The Morgan fingerprint density at radius 3 is 2.60 bits per heavy atom. The van der Waals surface area contributed by atoms with E-state index in [9.17, 15) is 10.1 Å². The monoisotopic (exact) mass is 422 g/mol. The first-order valence-electron chi connectivity index (χ1n) is 5.59. The number of halogens is 3. The quantitative estimate of drug-likeness (QED) is 0.422. The summed E-state index contributed by atoms with van der Waals surface area (Å²) in [5.74, 6) is 0. The van der Waals surface area contributed by atoms with Crippen LogP contribution >= 0.6 is 45.8 Å². The Bertz CT molecular complexity index is 665. The van der Waals surface area contributed by atoms with Crippen LogP contribution in [-0.4, -0.2) is 4.92 Å². The maximum Gasteiger partial charge on any atom is 0.269 e. The smallest absolute Gasteiger partial charge is 0.269 e. The average molecular weight is 423 g/mol. The van der Waals surface area contributed by atoms with E-state index in [4.69, 9.17) is 23.2 Å². The molecular weight excluding hydrogens is 414 g/mol. The molecule has 0 fully saturated rings. The summed E-state index contributed by atoms with van der Waals surface area (Å²) >= 11 is 14.1. The summed E-state index contributed by atoms with van der Waals surface area (Å²) in [6.07, 6.45) is 0. The van der Waals surface area contributed by atoms with Gasteiger partial charge >= 0.3 is 0 Å². The molecule has 0 saturated heterocycles. The van der Waals surface area contributed by atoms with Crippen LogP contribution < -0.4 is 5.32 Å². The van der Waals surface area contributed by atoms with Gasteiger partial charge in [-0.15, -0.1) is 0 Å². The molecule has 2 aromatic carbocycles. The molecule has 0 radical (unpaired) electrons. The van der Waals surface area contributed by atoms with E-state index in [0.29, 0.717) is 22.2 Å². The number of nitrogens with zero attached hydrogens (tertiary/aromatic N) is 1. The lowest BCUT2D eigenvalue weighted by molar-refractivity contribution is -0.384. The molecule has 4 nitrogen and oxygen atoms in total. The number of nitro groups is 1. The van der Waals surface area contributed by atoms with Crippen molar-refractivity contribution >= 4 is 57.2 Å². The summed E-state index contributed by atoms with van der Waals surface area (Å²) in [6.45, 7) is 0.401. The van der Waals surface area contributed by atoms with Crippen LogP contribution in [0.25, 0.3) is 0 Å². The van der Waals surface area contributed by atoms with E-state index >= 15 is 0 Å². The highest BCUT2D eigenvalue weighted by atomic mass is 127. The Balaban J connectivity index is 2.18. The van der Waals surface area contributed by atoms with Crippen molar-refractivity contribution in [1.29, 1.82) is 0 Å². The Morgan fingerprint density at radius 1 is 1.20 bits per heavy atom. The van der Waals surface area contributed by atoms with Crippen molar-refractivity contribution in [1.82, 2.24) is 0 Å². The van der Waals surface area contributed by atoms with Crippen LogP contribution in [0.1, 0.15) is 5.56 Å². The highest BCUT2D eigenvalue weighted by molar-refractivity contribution is 14.1. The number of rotatable bonds is 4. The zero-order valence-corrected chi connectivity index (χ0v) is 13.7. The number of nitro benzene ring substituents is 1. The highest BCUT2D eigenvalue weighted by Gasteiger charge is 2.10. The maximum absolute atomic E-state index is 10.8. The van der Waals surface area contributed by atoms with Gasteiger partial charge < -0.3 is 5.32 Å². The van der Waals surface area contributed by atoms with E-state index in [2.05, 4.69) is 27.9 Å². The van der Waals surface area contributed by atoms with Crippen molar-refractivity contribution in [2.75, 3.05) is 5.32 Å². The van der Waals surface area contributed by atoms with Gasteiger partial charge in [0.15, 0.2) is 0 Å². The van der Waals surface area contributed by atoms with Gasteiger partial charge in [0.1, 0.15) is 0 Å². The van der Waals surface area contributed by atoms with E-state index in [1.807, 2.05) is 12.1 Å². The fourth-order valence-corrected chi connectivity index (χ4v) is 2.88. The van der Waals surface area contributed by atoms with Crippen molar-refractivity contribution in [3.63, 3.8) is 0 Å². The van der Waals surface area contributed by atoms with Gasteiger partial charge in [-0.2, -0.15) is 0 Å². The molecule has 2 aromatic rings. The minimum atomic E-state index is -0.439. The van der Waals surface area contributed by atoms with Crippen molar-refractivity contribution in [2.24, 2.45) is 0 Å². The molecule has 0 aromatic heterocycles. The van der Waals surface area contributed by atoms with Gasteiger partial charge in [-0.3, -0.25) is 10.1 Å². The summed E-state index contributed by atoms with van der Waals surface area (Å²) in [7, 11) is 0. The third-order valence-electron chi connectivity index (χ3n) is 2.64. The fourth-order valence-electron chi connectivity index (χ4n) is 1.63. The van der Waals surface area contributed by atoms with Crippen LogP contribution in [0.15, 0.2) is 36.4 Å². The van der Waals surface area contributed by atoms with Crippen molar-refractivity contribution < 1.29 is 4.92 Å². The second-order valence-electron chi connectivity index (χ2n) is 4.01. The van der Waals surface area contributed by atoms with Crippen LogP contribution in [0, 0.1) is 13.7 Å². The predicted molar refractivity (Wildman–Crippen MR) is 89.6 cm³/mol. The number of hydrogen-bond donors (Lipinski definition) is 1. The second-order valence-corrected chi connectivity index (χ2v) is 6.02. The Hall–Kier alpha value is -1.05.